The highest BCUT2D eigenvalue weighted by Crippen LogP contribution is 2.29. The lowest BCUT2D eigenvalue weighted by Gasteiger charge is -2.10. The van der Waals surface area contributed by atoms with Gasteiger partial charge in [0.2, 0.25) is 0 Å². The predicted octanol–water partition coefficient (Wildman–Crippen LogP) is 3.61. The molecule has 2 aromatic heterocycles. The molecule has 0 aliphatic carbocycles. The summed E-state index contributed by atoms with van der Waals surface area (Å²) in [6.07, 6.45) is 0. The molecule has 0 aliphatic heterocycles. The monoisotopic (exact) mass is 394 g/mol. The third kappa shape index (κ3) is 3.38. The molecule has 142 valence electrons. The van der Waals surface area contributed by atoms with Gasteiger partial charge in [0.05, 0.1) is 25.0 Å². The molecule has 0 spiro atoms. The molecule has 0 fully saturated rings. The number of fused-ring (bicyclic) bond motifs is 3. The molecule has 7 nitrogen and oxygen atoms in total. The first kappa shape index (κ1) is 18.2. The quantitative estimate of drug-likeness (QED) is 0.365. The number of thioether (sulfide) groups is 1. The number of rotatable bonds is 6. The number of hydrogen-bond donors (Lipinski definition) is 0. The average molecular weight is 394 g/mol. The fourth-order valence-corrected chi connectivity index (χ4v) is 3.64. The highest BCUT2D eigenvalue weighted by molar-refractivity contribution is 7.99. The van der Waals surface area contributed by atoms with Gasteiger partial charge >= 0.3 is 5.97 Å². The van der Waals surface area contributed by atoms with Crippen LogP contribution in [0, 0.1) is 0 Å². The normalized spacial score (nSPS) is 11.1. The summed E-state index contributed by atoms with van der Waals surface area (Å²) < 4.78 is 12.2. The summed E-state index contributed by atoms with van der Waals surface area (Å²) in [4.78, 5) is 16.6. The van der Waals surface area contributed by atoms with E-state index in [-0.39, 0.29) is 11.7 Å². The van der Waals surface area contributed by atoms with Crippen LogP contribution >= 0.6 is 11.8 Å². The smallest absolute Gasteiger partial charge is 0.316 e. The molecule has 0 radical (unpaired) electrons. The van der Waals surface area contributed by atoms with Crippen molar-refractivity contribution in [3.63, 3.8) is 0 Å². The summed E-state index contributed by atoms with van der Waals surface area (Å²) in [6, 6.07) is 15.4. The zero-order chi connectivity index (χ0) is 19.5. The fourth-order valence-electron chi connectivity index (χ4n) is 2.91. The molecule has 0 saturated carbocycles. The van der Waals surface area contributed by atoms with Gasteiger partial charge in [0.25, 0.3) is 0 Å². The highest BCUT2D eigenvalue weighted by Gasteiger charge is 2.17. The highest BCUT2D eigenvalue weighted by atomic mass is 32.2. The topological polar surface area (TPSA) is 78.6 Å². The van der Waals surface area contributed by atoms with E-state index in [0.717, 1.165) is 22.2 Å². The Balaban J connectivity index is 1.87. The molecular formula is C20H18N4O3S. The first-order valence-corrected chi connectivity index (χ1v) is 9.76. The number of esters is 1. The van der Waals surface area contributed by atoms with Gasteiger partial charge in [-0.05, 0) is 43.3 Å². The number of aromatic nitrogens is 4. The van der Waals surface area contributed by atoms with Crippen LogP contribution in [0.5, 0.6) is 5.75 Å². The first-order valence-electron chi connectivity index (χ1n) is 8.78. The molecule has 0 amide bonds. The van der Waals surface area contributed by atoms with Gasteiger partial charge in [-0.25, -0.2) is 4.98 Å². The van der Waals surface area contributed by atoms with Gasteiger partial charge in [-0.3, -0.25) is 9.20 Å². The maximum Gasteiger partial charge on any atom is 0.316 e. The van der Waals surface area contributed by atoms with E-state index in [1.165, 1.54) is 11.8 Å². The summed E-state index contributed by atoms with van der Waals surface area (Å²) in [6.45, 7) is 2.14. The van der Waals surface area contributed by atoms with Gasteiger partial charge in [-0.15, -0.1) is 10.2 Å². The van der Waals surface area contributed by atoms with Gasteiger partial charge in [0, 0.05) is 10.9 Å². The van der Waals surface area contributed by atoms with Crippen molar-refractivity contribution in [3.05, 3.63) is 48.5 Å². The molecule has 0 unspecified atom stereocenters. The van der Waals surface area contributed by atoms with E-state index >= 15 is 0 Å². The maximum absolute atomic E-state index is 11.8. The van der Waals surface area contributed by atoms with Crippen LogP contribution in [0.15, 0.2) is 53.7 Å². The Morgan fingerprint density at radius 3 is 2.64 bits per heavy atom. The van der Waals surface area contributed by atoms with E-state index in [4.69, 9.17) is 14.5 Å². The summed E-state index contributed by atoms with van der Waals surface area (Å²) in [5.74, 6) is 1.34. The van der Waals surface area contributed by atoms with Gasteiger partial charge in [0.15, 0.2) is 10.8 Å². The Hall–Kier alpha value is -3.13. The minimum absolute atomic E-state index is 0.156. The van der Waals surface area contributed by atoms with Crippen molar-refractivity contribution in [2.24, 2.45) is 0 Å². The second kappa shape index (κ2) is 7.85. The standard InChI is InChI=1S/C20H18N4O3S/c1-3-27-17(25)12-28-20-23-22-19-15-6-4-5-7-16(15)21-18(24(19)20)13-8-10-14(26-2)11-9-13/h4-11H,3,12H2,1-2H3. The van der Waals surface area contributed by atoms with Crippen LogP contribution < -0.4 is 4.74 Å². The van der Waals surface area contributed by atoms with E-state index < -0.39 is 0 Å². The van der Waals surface area contributed by atoms with Crippen molar-refractivity contribution in [2.75, 3.05) is 19.5 Å². The summed E-state index contributed by atoms with van der Waals surface area (Å²) in [5.41, 5.74) is 2.42. The molecule has 8 heteroatoms. The summed E-state index contributed by atoms with van der Waals surface area (Å²) in [7, 11) is 1.63. The molecule has 2 heterocycles. The minimum atomic E-state index is -0.288. The molecular weight excluding hydrogens is 376 g/mol. The fraction of sp³-hybridized carbons (Fsp3) is 0.200. The Bertz CT molecular complexity index is 1140. The number of ether oxygens (including phenoxy) is 2. The van der Waals surface area contributed by atoms with E-state index in [1.54, 1.807) is 14.0 Å². The maximum atomic E-state index is 11.8. The van der Waals surface area contributed by atoms with Crippen molar-refractivity contribution in [2.45, 2.75) is 12.1 Å². The average Bonchev–Trinajstić information content (AvgIpc) is 3.16. The minimum Gasteiger partial charge on any atom is -0.497 e. The molecule has 28 heavy (non-hydrogen) atoms. The van der Waals surface area contributed by atoms with Crippen molar-refractivity contribution in [3.8, 4) is 17.1 Å². The number of carbonyl (C=O) groups excluding carboxylic acids is 1. The molecule has 4 aromatic rings. The Kier molecular flexibility index (Phi) is 5.12. The molecule has 0 saturated heterocycles. The van der Waals surface area contributed by atoms with Crippen LogP contribution in [-0.4, -0.2) is 45.0 Å². The van der Waals surface area contributed by atoms with Gasteiger partial charge < -0.3 is 9.47 Å². The Morgan fingerprint density at radius 1 is 1.11 bits per heavy atom. The van der Waals surface area contributed by atoms with Crippen LogP contribution in [-0.2, 0) is 9.53 Å². The molecule has 4 rings (SSSR count). The van der Waals surface area contributed by atoms with Crippen molar-refractivity contribution in [1.82, 2.24) is 19.6 Å². The summed E-state index contributed by atoms with van der Waals surface area (Å²) >= 11 is 1.28. The lowest BCUT2D eigenvalue weighted by Crippen LogP contribution is -2.07. The number of benzene rings is 2. The van der Waals surface area contributed by atoms with E-state index in [2.05, 4.69) is 10.2 Å². The molecule has 0 aliphatic rings. The third-order valence-electron chi connectivity index (χ3n) is 4.19. The number of nitrogens with zero attached hydrogens (tertiary/aromatic N) is 4. The van der Waals surface area contributed by atoms with Crippen LogP contribution in [0.3, 0.4) is 0 Å². The van der Waals surface area contributed by atoms with Gasteiger partial charge in [-0.1, -0.05) is 23.9 Å². The Labute approximate surface area is 165 Å². The second-order valence-corrected chi connectivity index (χ2v) is 6.86. The van der Waals surface area contributed by atoms with E-state index in [9.17, 15) is 4.79 Å². The lowest BCUT2D eigenvalue weighted by atomic mass is 10.1. The van der Waals surface area contributed by atoms with Crippen LogP contribution in [0.25, 0.3) is 27.9 Å². The lowest BCUT2D eigenvalue weighted by molar-refractivity contribution is -0.139. The van der Waals surface area contributed by atoms with Gasteiger partial charge in [-0.2, -0.15) is 0 Å². The Morgan fingerprint density at radius 2 is 1.89 bits per heavy atom. The molecule has 0 atom stereocenters. The van der Waals surface area contributed by atoms with Crippen molar-refractivity contribution in [1.29, 1.82) is 0 Å². The zero-order valence-corrected chi connectivity index (χ0v) is 16.3. The van der Waals surface area contributed by atoms with Crippen molar-refractivity contribution < 1.29 is 14.3 Å². The zero-order valence-electron chi connectivity index (χ0n) is 15.5. The van der Waals surface area contributed by atoms with E-state index in [1.807, 2.05) is 52.9 Å². The predicted molar refractivity (Wildman–Crippen MR) is 108 cm³/mol. The van der Waals surface area contributed by atoms with Gasteiger partial charge in [0.1, 0.15) is 11.6 Å². The largest absolute Gasteiger partial charge is 0.497 e. The molecule has 2 aromatic carbocycles. The number of methoxy groups -OCH3 is 1. The van der Waals surface area contributed by atoms with E-state index in [0.29, 0.717) is 23.2 Å². The summed E-state index contributed by atoms with van der Waals surface area (Å²) in [5, 5.41) is 10.2. The first-order chi connectivity index (χ1) is 13.7. The van der Waals surface area contributed by atoms with Crippen LogP contribution in [0.4, 0.5) is 0 Å². The third-order valence-corrected chi connectivity index (χ3v) is 5.09. The molecule has 0 bridgehead atoms. The molecule has 0 N–H and O–H groups in total. The SMILES string of the molecule is CCOC(=O)CSc1nnc2c3ccccc3nc(-c3ccc(OC)cc3)n12. The number of carbonyl (C=O) groups is 1. The van der Waals surface area contributed by atoms with Crippen LogP contribution in [0.1, 0.15) is 6.92 Å². The van der Waals surface area contributed by atoms with Crippen LogP contribution in [0.2, 0.25) is 0 Å². The van der Waals surface area contributed by atoms with Crippen molar-refractivity contribution >= 4 is 34.3 Å². The number of hydrogen-bond acceptors (Lipinski definition) is 7. The number of para-hydroxylation sites is 1. The second-order valence-electron chi connectivity index (χ2n) is 5.92.